The Morgan fingerprint density at radius 3 is 2.44 bits per heavy atom. The summed E-state index contributed by atoms with van der Waals surface area (Å²) in [7, 11) is 4.20. The SMILES string of the molecule is CCCCCCCCCc1cc2nc3ccc(=O)cc-3sc2cc1N(C)C. The van der Waals surface area contributed by atoms with Crippen molar-refractivity contribution < 1.29 is 0 Å². The van der Waals surface area contributed by atoms with E-state index in [0.29, 0.717) is 0 Å². The van der Waals surface area contributed by atoms with Gasteiger partial charge in [0.1, 0.15) is 0 Å². The number of hydrogen-bond donors (Lipinski definition) is 0. The number of aromatic nitrogens is 1. The molecule has 0 spiro atoms. The first kappa shape index (κ1) is 19.8. The van der Waals surface area contributed by atoms with Crippen LogP contribution in [-0.4, -0.2) is 19.1 Å². The Morgan fingerprint density at radius 1 is 0.963 bits per heavy atom. The minimum absolute atomic E-state index is 0.0447. The molecule has 0 aromatic heterocycles. The maximum atomic E-state index is 11.6. The van der Waals surface area contributed by atoms with Gasteiger partial charge in [-0.05, 0) is 42.7 Å². The Balaban J connectivity index is 1.80. The topological polar surface area (TPSA) is 33.2 Å². The highest BCUT2D eigenvalue weighted by atomic mass is 32.1. The van der Waals surface area contributed by atoms with E-state index in [-0.39, 0.29) is 5.43 Å². The van der Waals surface area contributed by atoms with Crippen LogP contribution < -0.4 is 10.3 Å². The third kappa shape index (κ3) is 5.07. The first-order valence-electron chi connectivity index (χ1n) is 10.1. The van der Waals surface area contributed by atoms with E-state index in [4.69, 9.17) is 4.98 Å². The lowest BCUT2D eigenvalue weighted by atomic mass is 10.0. The van der Waals surface area contributed by atoms with Crippen LogP contribution in [0.4, 0.5) is 5.69 Å². The van der Waals surface area contributed by atoms with Crippen LogP contribution in [0.1, 0.15) is 57.4 Å². The Labute approximate surface area is 166 Å². The van der Waals surface area contributed by atoms with Gasteiger partial charge in [0.25, 0.3) is 0 Å². The predicted molar refractivity (Wildman–Crippen MR) is 119 cm³/mol. The predicted octanol–water partition coefficient (Wildman–Crippen LogP) is 6.12. The zero-order valence-corrected chi connectivity index (χ0v) is 17.6. The molecule has 0 radical (unpaired) electrons. The van der Waals surface area contributed by atoms with Crippen molar-refractivity contribution in [3.63, 3.8) is 0 Å². The van der Waals surface area contributed by atoms with Gasteiger partial charge in [0, 0.05) is 25.8 Å². The molecule has 27 heavy (non-hydrogen) atoms. The van der Waals surface area contributed by atoms with Crippen molar-refractivity contribution >= 4 is 27.2 Å². The normalized spacial score (nSPS) is 11.4. The maximum Gasteiger partial charge on any atom is 0.180 e. The quantitative estimate of drug-likeness (QED) is 0.330. The molecule has 1 aliphatic carbocycles. The molecule has 1 aliphatic heterocycles. The van der Waals surface area contributed by atoms with E-state index in [2.05, 4.69) is 38.1 Å². The van der Waals surface area contributed by atoms with Gasteiger partial charge < -0.3 is 4.90 Å². The Morgan fingerprint density at radius 2 is 1.70 bits per heavy atom. The van der Waals surface area contributed by atoms with Crippen LogP contribution in [0.25, 0.3) is 20.8 Å². The zero-order chi connectivity index (χ0) is 19.2. The monoisotopic (exact) mass is 382 g/mol. The highest BCUT2D eigenvalue weighted by molar-refractivity contribution is 7.21. The fraction of sp³-hybridized carbons (Fsp3) is 0.478. The fourth-order valence-corrected chi connectivity index (χ4v) is 4.59. The lowest BCUT2D eigenvalue weighted by Gasteiger charge is -2.19. The van der Waals surface area contributed by atoms with Crippen molar-refractivity contribution in [1.82, 2.24) is 4.98 Å². The van der Waals surface area contributed by atoms with Crippen molar-refractivity contribution in [2.24, 2.45) is 0 Å². The van der Waals surface area contributed by atoms with Crippen LogP contribution in [0.15, 0.2) is 35.1 Å². The summed E-state index contributed by atoms with van der Waals surface area (Å²) in [5.41, 5.74) is 4.63. The third-order valence-corrected chi connectivity index (χ3v) is 6.18. The summed E-state index contributed by atoms with van der Waals surface area (Å²) in [5.74, 6) is 0. The van der Waals surface area contributed by atoms with Crippen molar-refractivity contribution in [2.45, 2.75) is 58.3 Å². The van der Waals surface area contributed by atoms with Gasteiger partial charge in [-0.2, -0.15) is 0 Å². The molecule has 1 aromatic carbocycles. The molecule has 0 fully saturated rings. The average molecular weight is 383 g/mol. The van der Waals surface area contributed by atoms with Gasteiger partial charge in [-0.15, -0.1) is 11.3 Å². The second-order valence-corrected chi connectivity index (χ2v) is 8.64. The standard InChI is InChI=1S/C23H30N2OS/c1-4-5-6-7-8-9-10-11-17-14-20-23(16-21(17)25(2)3)27-22-15-18(26)12-13-19(22)24-20/h12-16H,4-11H2,1-3H3. The van der Waals surface area contributed by atoms with Crippen LogP contribution >= 0.6 is 11.3 Å². The molecule has 0 saturated carbocycles. The maximum absolute atomic E-state index is 11.6. The Bertz CT molecular complexity index is 916. The average Bonchev–Trinajstić information content (AvgIpc) is 2.65. The van der Waals surface area contributed by atoms with E-state index < -0.39 is 0 Å². The molecule has 144 valence electrons. The summed E-state index contributed by atoms with van der Waals surface area (Å²) < 4.78 is 1.14. The fourth-order valence-electron chi connectivity index (χ4n) is 3.58. The molecule has 1 heterocycles. The summed E-state index contributed by atoms with van der Waals surface area (Å²) in [4.78, 5) is 19.6. The highest BCUT2D eigenvalue weighted by Crippen LogP contribution is 2.34. The van der Waals surface area contributed by atoms with Gasteiger partial charge in [-0.25, -0.2) is 4.98 Å². The van der Waals surface area contributed by atoms with Crippen LogP contribution in [0.2, 0.25) is 0 Å². The number of rotatable bonds is 9. The number of aryl methyl sites for hydroxylation is 1. The van der Waals surface area contributed by atoms with Crippen LogP contribution in [0, 0.1) is 0 Å². The van der Waals surface area contributed by atoms with E-state index >= 15 is 0 Å². The molecule has 0 N–H and O–H groups in total. The molecule has 3 rings (SSSR count). The van der Waals surface area contributed by atoms with E-state index in [9.17, 15) is 4.79 Å². The number of nitrogens with zero attached hydrogens (tertiary/aromatic N) is 2. The molecular formula is C23H30N2OS. The number of hydrogen-bond acceptors (Lipinski definition) is 4. The summed E-state index contributed by atoms with van der Waals surface area (Å²) in [6.07, 6.45) is 10.4. The van der Waals surface area contributed by atoms with Gasteiger partial charge in [-0.3, -0.25) is 4.79 Å². The number of anilines is 1. The number of benzene rings is 2. The largest absolute Gasteiger partial charge is 0.377 e. The van der Waals surface area contributed by atoms with E-state index in [1.165, 1.54) is 56.2 Å². The van der Waals surface area contributed by atoms with E-state index in [0.717, 1.165) is 27.2 Å². The molecule has 4 heteroatoms. The smallest absolute Gasteiger partial charge is 0.180 e. The molecule has 0 unspecified atom stereocenters. The molecule has 1 aromatic rings. The lowest BCUT2D eigenvalue weighted by molar-refractivity contribution is 0.589. The Hall–Kier alpha value is -1.94. The first-order chi connectivity index (χ1) is 13.1. The lowest BCUT2D eigenvalue weighted by Crippen LogP contribution is -2.11. The van der Waals surface area contributed by atoms with E-state index in [1.54, 1.807) is 23.5 Å². The Kier molecular flexibility index (Phi) is 6.84. The molecule has 0 amide bonds. The summed E-state index contributed by atoms with van der Waals surface area (Å²) >= 11 is 1.66. The first-order valence-corrected chi connectivity index (χ1v) is 10.9. The van der Waals surface area contributed by atoms with Crippen molar-refractivity contribution in [2.75, 3.05) is 19.0 Å². The van der Waals surface area contributed by atoms with Gasteiger partial charge >= 0.3 is 0 Å². The minimum Gasteiger partial charge on any atom is -0.377 e. The summed E-state index contributed by atoms with van der Waals surface area (Å²) in [5, 5.41) is 0. The molecule has 0 atom stereocenters. The van der Waals surface area contributed by atoms with Crippen LogP contribution in [0.3, 0.4) is 0 Å². The van der Waals surface area contributed by atoms with Crippen molar-refractivity contribution in [1.29, 1.82) is 0 Å². The van der Waals surface area contributed by atoms with Crippen molar-refractivity contribution in [3.05, 3.63) is 46.1 Å². The molecule has 0 saturated heterocycles. The van der Waals surface area contributed by atoms with Crippen molar-refractivity contribution in [3.8, 4) is 10.6 Å². The highest BCUT2D eigenvalue weighted by Gasteiger charge is 2.12. The molecule has 0 bridgehead atoms. The molecule has 3 nitrogen and oxygen atoms in total. The molecule has 2 aliphatic rings. The van der Waals surface area contributed by atoms with Gasteiger partial charge in [0.2, 0.25) is 0 Å². The summed E-state index contributed by atoms with van der Waals surface area (Å²) in [6.45, 7) is 2.26. The van der Waals surface area contributed by atoms with E-state index in [1.807, 2.05) is 6.07 Å². The third-order valence-electron chi connectivity index (χ3n) is 5.08. The van der Waals surface area contributed by atoms with Gasteiger partial charge in [0.05, 0.1) is 20.8 Å². The second kappa shape index (κ2) is 9.32. The number of unbranched alkanes of at least 4 members (excludes halogenated alkanes) is 6. The van der Waals surface area contributed by atoms with Crippen LogP contribution in [-0.2, 0) is 6.42 Å². The zero-order valence-electron chi connectivity index (χ0n) is 16.8. The van der Waals surface area contributed by atoms with Crippen LogP contribution in [0.5, 0.6) is 0 Å². The molecular weight excluding hydrogens is 352 g/mol. The number of fused-ring (bicyclic) bond motifs is 2. The second-order valence-electron chi connectivity index (χ2n) is 7.56. The van der Waals surface area contributed by atoms with Gasteiger partial charge in [-0.1, -0.05) is 45.4 Å². The minimum atomic E-state index is 0.0447. The van der Waals surface area contributed by atoms with Gasteiger partial charge in [0.15, 0.2) is 5.43 Å². The summed E-state index contributed by atoms with van der Waals surface area (Å²) in [6, 6.07) is 9.61.